The van der Waals surface area contributed by atoms with E-state index in [0.717, 1.165) is 11.1 Å². The van der Waals surface area contributed by atoms with Crippen LogP contribution in [0.1, 0.15) is 0 Å². The van der Waals surface area contributed by atoms with Crippen molar-refractivity contribution < 1.29 is 17.4 Å². The lowest BCUT2D eigenvalue weighted by molar-refractivity contribution is 0.266. The summed E-state index contributed by atoms with van der Waals surface area (Å²) < 4.78 is 40.2. The molecule has 1 nitrogen and oxygen atoms in total. The summed E-state index contributed by atoms with van der Waals surface area (Å²) in [6.07, 6.45) is -2.46. The maximum Gasteiger partial charge on any atom is 0.351 e. The van der Waals surface area contributed by atoms with E-state index >= 15 is 0 Å². The van der Waals surface area contributed by atoms with E-state index in [9.17, 15) is 13.2 Å². The molecule has 0 spiro atoms. The van der Waals surface area contributed by atoms with Gasteiger partial charge in [0.25, 0.3) is 0 Å². The van der Waals surface area contributed by atoms with E-state index in [0.29, 0.717) is 16.9 Å². The van der Waals surface area contributed by atoms with Crippen molar-refractivity contribution in [2.45, 2.75) is 4.90 Å². The predicted molar refractivity (Wildman–Crippen MR) is 69.2 cm³/mol. The van der Waals surface area contributed by atoms with E-state index in [1.54, 1.807) is 12.1 Å². The summed E-state index contributed by atoms with van der Waals surface area (Å²) in [5, 5.41) is 0. The second-order valence-electron chi connectivity index (χ2n) is 3.59. The van der Waals surface area contributed by atoms with E-state index < -0.39 is 12.1 Å². The maximum atomic E-state index is 12.4. The molecule has 5 heteroatoms. The fourth-order valence-corrected chi connectivity index (χ4v) is 1.93. The summed E-state index contributed by atoms with van der Waals surface area (Å²) in [5.74, 6) is 0. The number of benzene rings is 2. The molecule has 0 atom stereocenters. The fraction of sp³-hybridized carbons (Fsp3) is 0. The Morgan fingerprint density at radius 3 is 1.95 bits per heavy atom. The SMILES string of the molecule is FC(F)=C(F)OSc1ccc(-c2ccccc2)cc1. The van der Waals surface area contributed by atoms with Gasteiger partial charge in [-0.15, -0.1) is 0 Å². The van der Waals surface area contributed by atoms with Crippen LogP contribution in [0.4, 0.5) is 13.2 Å². The van der Waals surface area contributed by atoms with Crippen molar-refractivity contribution in [3.63, 3.8) is 0 Å². The normalized spacial score (nSPS) is 10.1. The van der Waals surface area contributed by atoms with Crippen LogP contribution in [0.2, 0.25) is 0 Å². The number of rotatable bonds is 4. The monoisotopic (exact) mass is 282 g/mol. The lowest BCUT2D eigenvalue weighted by Gasteiger charge is -2.03. The Balaban J connectivity index is 2.05. The Kier molecular flexibility index (Phi) is 4.52. The minimum Gasteiger partial charge on any atom is -0.387 e. The summed E-state index contributed by atoms with van der Waals surface area (Å²) in [4.78, 5) is 0.538. The van der Waals surface area contributed by atoms with Crippen LogP contribution in [0, 0.1) is 0 Å². The molecule has 2 rings (SSSR count). The topological polar surface area (TPSA) is 9.23 Å². The summed E-state index contributed by atoms with van der Waals surface area (Å²) >= 11 is 0.548. The van der Waals surface area contributed by atoms with Crippen LogP contribution in [0.5, 0.6) is 0 Å². The molecule has 0 N–H and O–H groups in total. The third kappa shape index (κ3) is 3.79. The zero-order valence-electron chi connectivity index (χ0n) is 9.65. The first-order valence-electron chi connectivity index (χ1n) is 5.37. The Morgan fingerprint density at radius 1 is 0.789 bits per heavy atom. The van der Waals surface area contributed by atoms with Gasteiger partial charge in [0.1, 0.15) is 0 Å². The Hall–Kier alpha value is -1.88. The fourth-order valence-electron chi connectivity index (χ4n) is 1.45. The maximum absolute atomic E-state index is 12.4. The van der Waals surface area contributed by atoms with Gasteiger partial charge in [-0.2, -0.15) is 13.2 Å². The van der Waals surface area contributed by atoms with Gasteiger partial charge in [-0.25, -0.2) is 0 Å². The molecule has 0 unspecified atom stereocenters. The van der Waals surface area contributed by atoms with Gasteiger partial charge in [-0.3, -0.25) is 0 Å². The minimum atomic E-state index is -2.46. The first-order valence-corrected chi connectivity index (χ1v) is 6.12. The molecule has 98 valence electrons. The van der Waals surface area contributed by atoms with E-state index in [1.165, 1.54) is 0 Å². The van der Waals surface area contributed by atoms with Gasteiger partial charge >= 0.3 is 12.1 Å². The van der Waals surface area contributed by atoms with Crippen LogP contribution in [0.3, 0.4) is 0 Å². The zero-order valence-corrected chi connectivity index (χ0v) is 10.5. The Morgan fingerprint density at radius 2 is 1.37 bits per heavy atom. The lowest BCUT2D eigenvalue weighted by Crippen LogP contribution is -1.80. The number of halogens is 3. The third-order valence-corrected chi connectivity index (χ3v) is 3.02. The van der Waals surface area contributed by atoms with Gasteiger partial charge in [-0.1, -0.05) is 42.5 Å². The number of hydrogen-bond donors (Lipinski definition) is 0. The molecule has 0 aliphatic heterocycles. The Labute approximate surface area is 112 Å². The number of hydrogen-bond acceptors (Lipinski definition) is 2. The molecule has 0 amide bonds. The highest BCUT2D eigenvalue weighted by atomic mass is 32.2. The molecule has 2 aromatic rings. The molecule has 0 aromatic heterocycles. The van der Waals surface area contributed by atoms with Gasteiger partial charge < -0.3 is 4.18 Å². The summed E-state index contributed by atoms with van der Waals surface area (Å²) in [7, 11) is 0. The summed E-state index contributed by atoms with van der Waals surface area (Å²) in [5.41, 5.74) is 2.03. The second-order valence-corrected chi connectivity index (χ2v) is 4.40. The second kappa shape index (κ2) is 6.33. The third-order valence-electron chi connectivity index (χ3n) is 2.32. The standard InChI is InChI=1S/C14H9F3OS/c15-13(16)14(17)18-19-12-8-6-11(7-9-12)10-4-2-1-3-5-10/h1-9H. The van der Waals surface area contributed by atoms with Crippen molar-refractivity contribution in [3.05, 3.63) is 66.7 Å². The van der Waals surface area contributed by atoms with Gasteiger partial charge in [0.2, 0.25) is 0 Å². The van der Waals surface area contributed by atoms with Crippen molar-refractivity contribution in [3.8, 4) is 11.1 Å². The molecule has 0 bridgehead atoms. The van der Waals surface area contributed by atoms with Crippen LogP contribution in [0.25, 0.3) is 11.1 Å². The highest BCUT2D eigenvalue weighted by Gasteiger charge is 2.07. The summed E-state index contributed by atoms with van der Waals surface area (Å²) in [6.45, 7) is 0. The molecule has 0 saturated carbocycles. The highest BCUT2D eigenvalue weighted by molar-refractivity contribution is 7.94. The van der Waals surface area contributed by atoms with Crippen LogP contribution in [-0.2, 0) is 4.18 Å². The van der Waals surface area contributed by atoms with E-state index in [2.05, 4.69) is 4.18 Å². The quantitative estimate of drug-likeness (QED) is 0.547. The smallest absolute Gasteiger partial charge is 0.351 e. The van der Waals surface area contributed by atoms with Gasteiger partial charge in [0.05, 0.1) is 12.0 Å². The lowest BCUT2D eigenvalue weighted by atomic mass is 10.1. The largest absolute Gasteiger partial charge is 0.387 e. The molecule has 0 radical (unpaired) electrons. The molecular formula is C14H9F3OS. The average Bonchev–Trinajstić information content (AvgIpc) is 2.46. The van der Waals surface area contributed by atoms with Crippen molar-refractivity contribution in [2.75, 3.05) is 0 Å². The average molecular weight is 282 g/mol. The molecule has 0 heterocycles. The molecule has 0 fully saturated rings. The molecule has 2 aromatic carbocycles. The first-order chi connectivity index (χ1) is 9.16. The molecule has 0 aliphatic rings. The molecule has 0 aliphatic carbocycles. The van der Waals surface area contributed by atoms with Crippen molar-refractivity contribution in [1.29, 1.82) is 0 Å². The highest BCUT2D eigenvalue weighted by Crippen LogP contribution is 2.27. The molecule has 19 heavy (non-hydrogen) atoms. The van der Waals surface area contributed by atoms with E-state index in [-0.39, 0.29) is 0 Å². The summed E-state index contributed by atoms with van der Waals surface area (Å²) in [6, 6.07) is 14.8. The van der Waals surface area contributed by atoms with Crippen LogP contribution >= 0.6 is 12.0 Å². The van der Waals surface area contributed by atoms with Gasteiger partial charge in [-0.05, 0) is 23.3 Å². The van der Waals surface area contributed by atoms with Crippen molar-refractivity contribution >= 4 is 12.0 Å². The van der Waals surface area contributed by atoms with E-state index in [1.807, 2.05) is 42.5 Å². The molecular weight excluding hydrogens is 273 g/mol. The van der Waals surface area contributed by atoms with Crippen molar-refractivity contribution in [2.24, 2.45) is 0 Å². The Bertz CT molecular complexity index is 563. The van der Waals surface area contributed by atoms with Crippen LogP contribution in [-0.4, -0.2) is 0 Å². The van der Waals surface area contributed by atoms with Crippen LogP contribution < -0.4 is 0 Å². The molecule has 0 saturated heterocycles. The van der Waals surface area contributed by atoms with Gasteiger partial charge in [0.15, 0.2) is 0 Å². The minimum absolute atomic E-state index is 0.538. The zero-order chi connectivity index (χ0) is 13.7. The van der Waals surface area contributed by atoms with Crippen molar-refractivity contribution in [1.82, 2.24) is 0 Å². The van der Waals surface area contributed by atoms with Gasteiger partial charge in [0, 0.05) is 4.90 Å². The predicted octanol–water partition coefficient (Wildman–Crippen LogP) is 5.41. The van der Waals surface area contributed by atoms with E-state index in [4.69, 9.17) is 0 Å². The first kappa shape index (κ1) is 13.5. The van der Waals surface area contributed by atoms with Crippen LogP contribution in [0.15, 0.2) is 71.6 Å².